The first kappa shape index (κ1) is 12.9. The van der Waals surface area contributed by atoms with Gasteiger partial charge < -0.3 is 10.4 Å². The van der Waals surface area contributed by atoms with Crippen molar-refractivity contribution in [1.29, 1.82) is 0 Å². The lowest BCUT2D eigenvalue weighted by molar-refractivity contribution is -0.152. The van der Waals surface area contributed by atoms with Crippen LogP contribution in [0.2, 0.25) is 0 Å². The normalized spacial score (nSPS) is 44.5. The van der Waals surface area contributed by atoms with Gasteiger partial charge >= 0.3 is 5.97 Å². The van der Waals surface area contributed by atoms with Crippen molar-refractivity contribution in [3.8, 4) is 0 Å². The second-order valence-electron chi connectivity index (χ2n) is 6.70. The van der Waals surface area contributed by atoms with Gasteiger partial charge in [0.15, 0.2) is 0 Å². The van der Waals surface area contributed by atoms with Gasteiger partial charge in [0.05, 0.1) is 0 Å². The van der Waals surface area contributed by atoms with Crippen LogP contribution < -0.4 is 5.32 Å². The minimum Gasteiger partial charge on any atom is -0.479 e. The van der Waals surface area contributed by atoms with Gasteiger partial charge in [-0.2, -0.15) is 0 Å². The fourth-order valence-electron chi connectivity index (χ4n) is 4.42. The van der Waals surface area contributed by atoms with E-state index in [0.29, 0.717) is 18.3 Å². The Bertz CT molecular complexity index is 398. The summed E-state index contributed by atoms with van der Waals surface area (Å²) in [6.07, 6.45) is 6.98. The number of hydrogen-bond acceptors (Lipinski definition) is 2. The van der Waals surface area contributed by atoms with Crippen LogP contribution in [0.3, 0.4) is 0 Å². The summed E-state index contributed by atoms with van der Waals surface area (Å²) in [6, 6.07) is 0. The van der Waals surface area contributed by atoms with E-state index < -0.39 is 11.5 Å². The molecule has 4 nitrogen and oxygen atoms in total. The first-order valence-corrected chi connectivity index (χ1v) is 7.61. The Kier molecular flexibility index (Phi) is 3.06. The van der Waals surface area contributed by atoms with E-state index in [2.05, 4.69) is 5.32 Å². The summed E-state index contributed by atoms with van der Waals surface area (Å²) < 4.78 is 0. The number of rotatable bonds is 3. The molecule has 0 aromatic rings. The summed E-state index contributed by atoms with van der Waals surface area (Å²) in [7, 11) is 0. The van der Waals surface area contributed by atoms with E-state index in [1.165, 1.54) is 6.42 Å². The lowest BCUT2D eigenvalue weighted by atomic mass is 9.73. The number of carboxylic acids is 1. The lowest BCUT2D eigenvalue weighted by Crippen LogP contribution is -2.60. The second-order valence-corrected chi connectivity index (χ2v) is 6.70. The molecule has 0 aliphatic heterocycles. The Morgan fingerprint density at radius 2 is 1.79 bits per heavy atom. The van der Waals surface area contributed by atoms with E-state index in [1.807, 2.05) is 6.92 Å². The molecule has 0 radical (unpaired) electrons. The molecule has 2 N–H and O–H groups in total. The molecule has 0 aromatic carbocycles. The predicted molar refractivity (Wildman–Crippen MR) is 70.5 cm³/mol. The molecule has 3 fully saturated rings. The van der Waals surface area contributed by atoms with Gasteiger partial charge in [0, 0.05) is 5.92 Å². The van der Waals surface area contributed by atoms with E-state index in [1.54, 1.807) is 0 Å². The van der Waals surface area contributed by atoms with E-state index in [0.717, 1.165) is 32.1 Å². The van der Waals surface area contributed by atoms with Gasteiger partial charge in [0.2, 0.25) is 5.91 Å². The van der Waals surface area contributed by atoms with Crippen LogP contribution in [0.4, 0.5) is 0 Å². The number of carbonyl (C=O) groups is 2. The van der Waals surface area contributed by atoms with Crippen molar-refractivity contribution in [2.24, 2.45) is 23.7 Å². The molecule has 0 saturated heterocycles. The maximum Gasteiger partial charge on any atom is 0.329 e. The first-order valence-electron chi connectivity index (χ1n) is 7.61. The zero-order chi connectivity index (χ0) is 13.6. The second kappa shape index (κ2) is 4.50. The Morgan fingerprint density at radius 3 is 2.37 bits per heavy atom. The number of carboxylic acid groups (broad SMARTS) is 1. The number of fused-ring (bicyclic) bond motifs is 1. The fraction of sp³-hybridized carbons (Fsp3) is 0.867. The zero-order valence-electron chi connectivity index (χ0n) is 11.5. The molecule has 3 aliphatic rings. The molecule has 106 valence electrons. The maximum absolute atomic E-state index is 12.4. The van der Waals surface area contributed by atoms with E-state index in [-0.39, 0.29) is 17.7 Å². The summed E-state index contributed by atoms with van der Waals surface area (Å²) in [5.74, 6) is 0.389. The van der Waals surface area contributed by atoms with E-state index in [9.17, 15) is 14.7 Å². The maximum atomic E-state index is 12.4. The smallest absolute Gasteiger partial charge is 0.329 e. The monoisotopic (exact) mass is 265 g/mol. The zero-order valence-corrected chi connectivity index (χ0v) is 11.5. The summed E-state index contributed by atoms with van der Waals surface area (Å²) in [4.78, 5) is 24.1. The van der Waals surface area contributed by atoms with Gasteiger partial charge in [0.25, 0.3) is 0 Å². The van der Waals surface area contributed by atoms with Crippen molar-refractivity contribution < 1.29 is 14.7 Å². The third-order valence-electron chi connectivity index (χ3n) is 5.74. The summed E-state index contributed by atoms with van der Waals surface area (Å²) in [5.41, 5.74) is -1.01. The molecular weight excluding hydrogens is 242 g/mol. The third-order valence-corrected chi connectivity index (χ3v) is 5.74. The highest BCUT2D eigenvalue weighted by Gasteiger charge is 2.58. The summed E-state index contributed by atoms with van der Waals surface area (Å²) >= 11 is 0. The molecule has 4 unspecified atom stereocenters. The average molecular weight is 265 g/mol. The SMILES string of the molecule is CC1CCCCC1(NC(=O)C1C2CCCC21)C(=O)O. The van der Waals surface area contributed by atoms with Crippen molar-refractivity contribution in [2.45, 2.75) is 57.4 Å². The van der Waals surface area contributed by atoms with Crippen LogP contribution in [0.15, 0.2) is 0 Å². The lowest BCUT2D eigenvalue weighted by Gasteiger charge is -2.39. The van der Waals surface area contributed by atoms with Crippen molar-refractivity contribution in [3.63, 3.8) is 0 Å². The molecule has 0 bridgehead atoms. The Balaban J connectivity index is 1.71. The van der Waals surface area contributed by atoms with Gasteiger partial charge in [0.1, 0.15) is 5.54 Å². The predicted octanol–water partition coefficient (Wildman–Crippen LogP) is 2.18. The Morgan fingerprint density at radius 1 is 1.11 bits per heavy atom. The number of hydrogen-bond donors (Lipinski definition) is 2. The third kappa shape index (κ3) is 1.96. The van der Waals surface area contributed by atoms with Gasteiger partial charge in [-0.3, -0.25) is 4.79 Å². The van der Waals surface area contributed by atoms with Crippen LogP contribution in [0.1, 0.15) is 51.9 Å². The molecule has 3 aliphatic carbocycles. The average Bonchev–Trinajstić information content (AvgIpc) is 2.86. The van der Waals surface area contributed by atoms with E-state index >= 15 is 0 Å². The minimum absolute atomic E-state index is 0.00542. The van der Waals surface area contributed by atoms with E-state index in [4.69, 9.17) is 0 Å². The van der Waals surface area contributed by atoms with Gasteiger partial charge in [-0.1, -0.05) is 26.2 Å². The summed E-state index contributed by atoms with van der Waals surface area (Å²) in [5, 5.41) is 12.5. The van der Waals surface area contributed by atoms with Crippen molar-refractivity contribution in [1.82, 2.24) is 5.32 Å². The van der Waals surface area contributed by atoms with Crippen molar-refractivity contribution in [3.05, 3.63) is 0 Å². The molecule has 4 atom stereocenters. The molecule has 0 aromatic heterocycles. The molecule has 19 heavy (non-hydrogen) atoms. The highest BCUT2D eigenvalue weighted by molar-refractivity contribution is 5.90. The molecular formula is C15H23NO3. The van der Waals surface area contributed by atoms with Gasteiger partial charge in [-0.25, -0.2) is 4.79 Å². The molecule has 0 spiro atoms. The highest BCUT2D eigenvalue weighted by atomic mass is 16.4. The van der Waals surface area contributed by atoms with Gasteiger partial charge in [-0.15, -0.1) is 0 Å². The topological polar surface area (TPSA) is 66.4 Å². The molecule has 1 amide bonds. The molecule has 4 heteroatoms. The van der Waals surface area contributed by atoms with Crippen molar-refractivity contribution >= 4 is 11.9 Å². The van der Waals surface area contributed by atoms with Crippen LogP contribution in [-0.4, -0.2) is 22.5 Å². The quantitative estimate of drug-likeness (QED) is 0.822. The Hall–Kier alpha value is -1.06. The number of nitrogens with one attached hydrogen (secondary N) is 1. The Labute approximate surface area is 113 Å². The molecule has 3 saturated carbocycles. The van der Waals surface area contributed by atoms with Crippen LogP contribution in [-0.2, 0) is 9.59 Å². The summed E-state index contributed by atoms with van der Waals surface area (Å²) in [6.45, 7) is 1.96. The van der Waals surface area contributed by atoms with Crippen LogP contribution in [0, 0.1) is 23.7 Å². The number of aliphatic carboxylic acids is 1. The van der Waals surface area contributed by atoms with Crippen LogP contribution in [0.5, 0.6) is 0 Å². The molecule has 0 heterocycles. The number of carbonyl (C=O) groups excluding carboxylic acids is 1. The van der Waals surface area contributed by atoms with Crippen LogP contribution >= 0.6 is 0 Å². The number of amides is 1. The van der Waals surface area contributed by atoms with Crippen LogP contribution in [0.25, 0.3) is 0 Å². The van der Waals surface area contributed by atoms with Crippen molar-refractivity contribution in [2.75, 3.05) is 0 Å². The largest absolute Gasteiger partial charge is 0.479 e. The first-order chi connectivity index (χ1) is 9.06. The fourth-order valence-corrected chi connectivity index (χ4v) is 4.42. The van der Waals surface area contributed by atoms with Gasteiger partial charge in [-0.05, 0) is 43.4 Å². The molecule has 3 rings (SSSR count). The standard InChI is InChI=1S/C15H23NO3/c1-9-5-2-3-8-15(9,14(18)19)16-13(17)12-10-6-4-7-11(10)12/h9-12H,2-8H2,1H3,(H,16,17)(H,18,19). The highest BCUT2D eigenvalue weighted by Crippen LogP contribution is 2.57. The minimum atomic E-state index is -1.01.